The molecule has 2 rings (SSSR count). The van der Waals surface area contributed by atoms with E-state index in [0.29, 0.717) is 24.5 Å². The molecule has 0 radical (unpaired) electrons. The fourth-order valence-corrected chi connectivity index (χ4v) is 4.26. The van der Waals surface area contributed by atoms with Crippen molar-refractivity contribution in [2.75, 3.05) is 36.5 Å². The van der Waals surface area contributed by atoms with E-state index in [2.05, 4.69) is 5.32 Å². The van der Waals surface area contributed by atoms with E-state index >= 15 is 0 Å². The first kappa shape index (κ1) is 17.3. The molecule has 0 spiro atoms. The topological polar surface area (TPSA) is 86.7 Å². The second kappa shape index (κ2) is 7.96. The van der Waals surface area contributed by atoms with Gasteiger partial charge >= 0.3 is 0 Å². The lowest BCUT2D eigenvalue weighted by Gasteiger charge is -2.15. The molecule has 0 atom stereocenters. The van der Waals surface area contributed by atoms with E-state index in [1.54, 1.807) is 12.1 Å². The molecule has 1 fully saturated rings. The van der Waals surface area contributed by atoms with Crippen LogP contribution in [0, 0.1) is 0 Å². The maximum atomic E-state index is 12.4. The molecule has 1 aromatic carbocycles. The Morgan fingerprint density at radius 1 is 1.23 bits per heavy atom. The zero-order chi connectivity index (χ0) is 16.0. The number of aliphatic hydroxyl groups is 1. The van der Waals surface area contributed by atoms with Gasteiger partial charge < -0.3 is 10.4 Å². The van der Waals surface area contributed by atoms with Crippen molar-refractivity contribution in [3.63, 3.8) is 0 Å². The minimum absolute atomic E-state index is 0.0427. The quantitative estimate of drug-likeness (QED) is 0.724. The second-order valence-electron chi connectivity index (χ2n) is 4.96. The van der Waals surface area contributed by atoms with Gasteiger partial charge in [0, 0.05) is 24.5 Å². The summed E-state index contributed by atoms with van der Waals surface area (Å²) in [5, 5.41) is 11.4. The van der Waals surface area contributed by atoms with E-state index in [1.807, 2.05) is 0 Å². The molecule has 2 N–H and O–H groups in total. The molecule has 8 heteroatoms. The fourth-order valence-electron chi connectivity index (χ4n) is 2.21. The summed E-state index contributed by atoms with van der Waals surface area (Å²) in [5.74, 6) is 0.600. The summed E-state index contributed by atoms with van der Waals surface area (Å²) in [4.78, 5) is 11.9. The summed E-state index contributed by atoms with van der Waals surface area (Å²) in [5.41, 5.74) is 0.565. The molecule has 122 valence electrons. The highest BCUT2D eigenvalue weighted by atomic mass is 32.2. The molecule has 1 aliphatic rings. The number of anilines is 1. The fraction of sp³-hybridized carbons (Fsp3) is 0.500. The summed E-state index contributed by atoms with van der Waals surface area (Å²) in [6.45, 7) is 1.19. The van der Waals surface area contributed by atoms with E-state index in [1.165, 1.54) is 28.2 Å². The minimum Gasteiger partial charge on any atom is -0.396 e. The van der Waals surface area contributed by atoms with Crippen LogP contribution in [-0.2, 0) is 14.8 Å². The number of amides is 1. The van der Waals surface area contributed by atoms with Crippen molar-refractivity contribution in [2.24, 2.45) is 0 Å². The molecule has 0 aliphatic carbocycles. The summed E-state index contributed by atoms with van der Waals surface area (Å²) in [6, 6.07) is 6.23. The average molecular weight is 344 g/mol. The molecular formula is C14H20N2O4S2. The monoisotopic (exact) mass is 344 g/mol. The number of nitrogens with zero attached hydrogens (tertiary/aromatic N) is 1. The number of hydrogen-bond donors (Lipinski definition) is 2. The van der Waals surface area contributed by atoms with Crippen LogP contribution in [-0.4, -0.2) is 54.9 Å². The van der Waals surface area contributed by atoms with Gasteiger partial charge in [0.1, 0.15) is 0 Å². The van der Waals surface area contributed by atoms with Gasteiger partial charge in [-0.15, -0.1) is 11.8 Å². The van der Waals surface area contributed by atoms with Crippen molar-refractivity contribution in [3.8, 4) is 0 Å². The van der Waals surface area contributed by atoms with Gasteiger partial charge in [-0.25, -0.2) is 8.42 Å². The number of aliphatic hydroxyl groups excluding tert-OH is 1. The lowest BCUT2D eigenvalue weighted by molar-refractivity contribution is -0.113. The largest absolute Gasteiger partial charge is 0.396 e. The molecule has 1 aliphatic heterocycles. The normalized spacial score (nSPS) is 15.9. The third kappa shape index (κ3) is 4.45. The Morgan fingerprint density at radius 3 is 2.45 bits per heavy atom. The van der Waals surface area contributed by atoms with Crippen LogP contribution in [0.25, 0.3) is 0 Å². The Hall–Kier alpha value is -1.09. The van der Waals surface area contributed by atoms with Gasteiger partial charge in [0.05, 0.1) is 17.3 Å². The van der Waals surface area contributed by atoms with E-state index < -0.39 is 10.0 Å². The van der Waals surface area contributed by atoms with Crippen molar-refractivity contribution in [2.45, 2.75) is 17.7 Å². The van der Waals surface area contributed by atoms with Crippen LogP contribution >= 0.6 is 11.8 Å². The van der Waals surface area contributed by atoms with Gasteiger partial charge in [-0.05, 0) is 37.1 Å². The van der Waals surface area contributed by atoms with Crippen molar-refractivity contribution in [3.05, 3.63) is 24.3 Å². The van der Waals surface area contributed by atoms with Gasteiger partial charge in [-0.1, -0.05) is 0 Å². The molecule has 22 heavy (non-hydrogen) atoms. The van der Waals surface area contributed by atoms with Crippen LogP contribution in [0.5, 0.6) is 0 Å². The highest BCUT2D eigenvalue weighted by Gasteiger charge is 2.26. The van der Waals surface area contributed by atoms with E-state index in [4.69, 9.17) is 5.11 Å². The van der Waals surface area contributed by atoms with Crippen LogP contribution in [0.15, 0.2) is 29.2 Å². The second-order valence-corrected chi connectivity index (χ2v) is 8.00. The summed E-state index contributed by atoms with van der Waals surface area (Å²) < 4.78 is 26.2. The third-order valence-corrected chi connectivity index (χ3v) is 6.16. The van der Waals surface area contributed by atoms with Crippen molar-refractivity contribution in [1.82, 2.24) is 4.31 Å². The first-order valence-electron chi connectivity index (χ1n) is 7.13. The molecule has 0 saturated carbocycles. The predicted octanol–water partition coefficient (Wildman–Crippen LogP) is 1.14. The number of nitrogens with one attached hydrogen (secondary N) is 1. The minimum atomic E-state index is -3.41. The Labute approximate surface area is 134 Å². The maximum Gasteiger partial charge on any atom is 0.243 e. The average Bonchev–Trinajstić information content (AvgIpc) is 3.03. The highest BCUT2D eigenvalue weighted by Crippen LogP contribution is 2.22. The van der Waals surface area contributed by atoms with Gasteiger partial charge in [-0.3, -0.25) is 4.79 Å². The Bertz CT molecular complexity index is 596. The highest BCUT2D eigenvalue weighted by molar-refractivity contribution is 7.99. The molecule has 0 bridgehead atoms. The lowest BCUT2D eigenvalue weighted by atomic mass is 10.3. The van der Waals surface area contributed by atoms with Crippen LogP contribution in [0.4, 0.5) is 5.69 Å². The first-order chi connectivity index (χ1) is 10.5. The zero-order valence-corrected chi connectivity index (χ0v) is 13.8. The van der Waals surface area contributed by atoms with Gasteiger partial charge in [0.15, 0.2) is 0 Å². The first-order valence-corrected chi connectivity index (χ1v) is 9.72. The van der Waals surface area contributed by atoms with Gasteiger partial charge in [-0.2, -0.15) is 4.31 Å². The van der Waals surface area contributed by atoms with Crippen LogP contribution in [0.1, 0.15) is 12.8 Å². The number of benzene rings is 1. The van der Waals surface area contributed by atoms with Crippen molar-refractivity contribution >= 4 is 33.4 Å². The molecular weight excluding hydrogens is 324 g/mol. The van der Waals surface area contributed by atoms with Crippen LogP contribution in [0.2, 0.25) is 0 Å². The van der Waals surface area contributed by atoms with Gasteiger partial charge in [0.25, 0.3) is 0 Å². The third-order valence-electron chi connectivity index (χ3n) is 3.31. The Morgan fingerprint density at radius 2 is 1.86 bits per heavy atom. The number of carbonyl (C=O) groups is 1. The lowest BCUT2D eigenvalue weighted by Crippen LogP contribution is -2.27. The summed E-state index contributed by atoms with van der Waals surface area (Å²) in [7, 11) is -3.41. The molecule has 1 amide bonds. The van der Waals surface area contributed by atoms with Crippen LogP contribution in [0.3, 0.4) is 0 Å². The van der Waals surface area contributed by atoms with E-state index in [0.717, 1.165) is 12.8 Å². The standard InChI is InChI=1S/C14H20N2O4S2/c17-9-10-21-11-14(18)15-12-3-5-13(6-4-12)22(19,20)16-7-1-2-8-16/h3-6,17H,1-2,7-11H2,(H,15,18). The molecule has 1 saturated heterocycles. The zero-order valence-electron chi connectivity index (χ0n) is 12.2. The Kier molecular flexibility index (Phi) is 6.25. The number of thioether (sulfide) groups is 1. The van der Waals surface area contributed by atoms with Crippen molar-refractivity contribution < 1.29 is 18.3 Å². The van der Waals surface area contributed by atoms with Gasteiger partial charge in [0.2, 0.25) is 15.9 Å². The number of carbonyl (C=O) groups excluding carboxylic acids is 1. The SMILES string of the molecule is O=C(CSCCO)Nc1ccc(S(=O)(=O)N2CCCC2)cc1. The molecule has 1 heterocycles. The maximum absolute atomic E-state index is 12.4. The summed E-state index contributed by atoms with van der Waals surface area (Å²) >= 11 is 1.34. The smallest absolute Gasteiger partial charge is 0.243 e. The molecule has 1 aromatic rings. The van der Waals surface area contributed by atoms with E-state index in [-0.39, 0.29) is 23.2 Å². The van der Waals surface area contributed by atoms with Crippen LogP contribution < -0.4 is 5.32 Å². The number of sulfonamides is 1. The molecule has 0 unspecified atom stereocenters. The van der Waals surface area contributed by atoms with E-state index in [9.17, 15) is 13.2 Å². The number of rotatable bonds is 7. The molecule has 0 aromatic heterocycles. The Balaban J connectivity index is 1.96. The molecule has 6 nitrogen and oxygen atoms in total. The van der Waals surface area contributed by atoms with Crippen molar-refractivity contribution in [1.29, 1.82) is 0 Å². The summed E-state index contributed by atoms with van der Waals surface area (Å²) in [6.07, 6.45) is 1.80. The number of hydrogen-bond acceptors (Lipinski definition) is 5. The predicted molar refractivity (Wildman–Crippen MR) is 87.5 cm³/mol.